The second-order valence-electron chi connectivity index (χ2n) is 9.25. The van der Waals surface area contributed by atoms with Gasteiger partial charge in [-0.2, -0.15) is 0 Å². The van der Waals surface area contributed by atoms with Gasteiger partial charge in [-0.3, -0.25) is 4.90 Å². The maximum absolute atomic E-state index is 13.0. The minimum Gasteiger partial charge on any atom is -0.368 e. The van der Waals surface area contributed by atoms with Crippen molar-refractivity contribution < 1.29 is 17.2 Å². The highest BCUT2D eigenvalue weighted by molar-refractivity contribution is 7.90. The van der Waals surface area contributed by atoms with E-state index in [1.807, 2.05) is 24.3 Å². The molecule has 1 aliphatic carbocycles. The Labute approximate surface area is 190 Å². The molecule has 1 atom stereocenters. The van der Waals surface area contributed by atoms with Crippen LogP contribution in [0.15, 0.2) is 59.5 Å². The van der Waals surface area contributed by atoms with Gasteiger partial charge < -0.3 is 4.90 Å². The van der Waals surface area contributed by atoms with Crippen LogP contribution in [0.2, 0.25) is 0 Å². The molecule has 1 saturated heterocycles. The lowest BCUT2D eigenvalue weighted by Crippen LogP contribution is -2.50. The largest absolute Gasteiger partial charge is 0.368 e. The molecule has 32 heavy (non-hydrogen) atoms. The first-order chi connectivity index (χ1) is 15.3. The van der Waals surface area contributed by atoms with Gasteiger partial charge in [0.25, 0.3) is 0 Å². The Morgan fingerprint density at radius 2 is 1.69 bits per heavy atom. The molecule has 4 rings (SSSR count). The summed E-state index contributed by atoms with van der Waals surface area (Å²) in [6.07, 6.45) is 2.02. The number of nitrogens with zero attached hydrogens (tertiary/aromatic N) is 2. The minimum absolute atomic E-state index is 0.180. The number of anilines is 1. The van der Waals surface area contributed by atoms with Crippen LogP contribution < -0.4 is 4.90 Å². The van der Waals surface area contributed by atoms with E-state index in [4.69, 9.17) is 0 Å². The minimum atomic E-state index is -3.26. The van der Waals surface area contributed by atoms with E-state index in [-0.39, 0.29) is 6.04 Å². The van der Waals surface area contributed by atoms with Crippen molar-refractivity contribution >= 4 is 15.5 Å². The number of rotatable bonds is 6. The molecule has 2 aliphatic rings. The van der Waals surface area contributed by atoms with Crippen LogP contribution in [0.25, 0.3) is 0 Å². The SMILES string of the molecule is CS(=O)(=O)c1cccc(N2CCN(C[C@H]3CC[C@@H](C(F)F)CC3)[C@@H](c3ccccc3)C2)c1. The molecule has 1 heterocycles. The predicted molar refractivity (Wildman–Crippen MR) is 124 cm³/mol. The summed E-state index contributed by atoms with van der Waals surface area (Å²) < 4.78 is 50.1. The average molecular weight is 463 g/mol. The second kappa shape index (κ2) is 9.87. The number of benzene rings is 2. The fourth-order valence-corrected chi connectivity index (χ4v) is 5.79. The van der Waals surface area contributed by atoms with Gasteiger partial charge >= 0.3 is 0 Å². The Morgan fingerprint density at radius 1 is 0.969 bits per heavy atom. The van der Waals surface area contributed by atoms with E-state index in [1.54, 1.807) is 18.2 Å². The van der Waals surface area contributed by atoms with Gasteiger partial charge in [-0.1, -0.05) is 36.4 Å². The van der Waals surface area contributed by atoms with Gasteiger partial charge in [0.05, 0.1) is 10.9 Å². The first-order valence-corrected chi connectivity index (χ1v) is 13.3. The summed E-state index contributed by atoms with van der Waals surface area (Å²) in [6.45, 7) is 3.36. The number of piperazine rings is 1. The Kier molecular flexibility index (Phi) is 7.15. The summed E-state index contributed by atoms with van der Waals surface area (Å²) in [5.74, 6) is 0.0199. The van der Waals surface area contributed by atoms with Gasteiger partial charge in [-0.15, -0.1) is 0 Å². The van der Waals surface area contributed by atoms with Crippen LogP contribution in [0.4, 0.5) is 14.5 Å². The Bertz CT molecular complexity index is 992. The zero-order valence-electron chi connectivity index (χ0n) is 18.5. The van der Waals surface area contributed by atoms with Crippen LogP contribution in [0.1, 0.15) is 37.3 Å². The monoisotopic (exact) mass is 462 g/mol. The standard InChI is InChI=1S/C25H32F2N2O2S/c1-32(30,31)23-9-5-8-22(16-23)28-14-15-29(24(18-28)20-6-3-2-4-7-20)17-19-10-12-21(13-11-19)25(26)27/h2-9,16,19,21,24-25H,10-15,17-18H2,1H3/t19-,21+,24-/m1/s1. The van der Waals surface area contributed by atoms with Crippen molar-refractivity contribution in [3.8, 4) is 0 Å². The lowest BCUT2D eigenvalue weighted by atomic mass is 9.81. The summed E-state index contributed by atoms with van der Waals surface area (Å²) in [4.78, 5) is 5.10. The third-order valence-electron chi connectivity index (χ3n) is 7.03. The molecule has 0 bridgehead atoms. The third kappa shape index (κ3) is 5.49. The highest BCUT2D eigenvalue weighted by atomic mass is 32.2. The van der Waals surface area contributed by atoms with Crippen molar-refractivity contribution in [2.75, 3.05) is 37.3 Å². The molecular weight excluding hydrogens is 430 g/mol. The molecular formula is C25H32F2N2O2S. The van der Waals surface area contributed by atoms with E-state index < -0.39 is 22.2 Å². The van der Waals surface area contributed by atoms with Gasteiger partial charge in [-0.05, 0) is 55.4 Å². The summed E-state index contributed by atoms with van der Waals surface area (Å²) >= 11 is 0. The van der Waals surface area contributed by atoms with E-state index >= 15 is 0 Å². The molecule has 1 aliphatic heterocycles. The smallest absolute Gasteiger partial charge is 0.241 e. The number of alkyl halides is 2. The van der Waals surface area contributed by atoms with Crippen LogP contribution >= 0.6 is 0 Å². The molecule has 0 unspecified atom stereocenters. The van der Waals surface area contributed by atoms with E-state index in [0.717, 1.165) is 44.7 Å². The van der Waals surface area contributed by atoms with Crippen molar-refractivity contribution in [1.82, 2.24) is 4.90 Å². The Morgan fingerprint density at radius 3 is 2.34 bits per heavy atom. The lowest BCUT2D eigenvalue weighted by molar-refractivity contribution is 0.0378. The van der Waals surface area contributed by atoms with Crippen LogP contribution in [0, 0.1) is 11.8 Å². The maximum atomic E-state index is 13.0. The number of halogens is 2. The van der Waals surface area contributed by atoms with Gasteiger partial charge in [-0.25, -0.2) is 17.2 Å². The number of hydrogen-bond donors (Lipinski definition) is 0. The number of hydrogen-bond acceptors (Lipinski definition) is 4. The van der Waals surface area contributed by atoms with Crippen molar-refractivity contribution in [2.45, 2.75) is 43.0 Å². The van der Waals surface area contributed by atoms with E-state index in [1.165, 1.54) is 11.8 Å². The highest BCUT2D eigenvalue weighted by Crippen LogP contribution is 2.36. The van der Waals surface area contributed by atoms with Crippen molar-refractivity contribution in [3.63, 3.8) is 0 Å². The average Bonchev–Trinajstić information content (AvgIpc) is 2.80. The molecule has 0 aromatic heterocycles. The molecule has 2 fully saturated rings. The van der Waals surface area contributed by atoms with Crippen molar-refractivity contribution in [2.24, 2.45) is 11.8 Å². The second-order valence-corrected chi connectivity index (χ2v) is 11.3. The quantitative estimate of drug-likeness (QED) is 0.604. The molecule has 7 heteroatoms. The molecule has 0 spiro atoms. The lowest BCUT2D eigenvalue weighted by Gasteiger charge is -2.44. The molecule has 2 aromatic rings. The molecule has 1 saturated carbocycles. The topological polar surface area (TPSA) is 40.6 Å². The van der Waals surface area contributed by atoms with E-state index in [2.05, 4.69) is 21.9 Å². The summed E-state index contributed by atoms with van der Waals surface area (Å²) in [5, 5.41) is 0. The van der Waals surface area contributed by atoms with Crippen LogP contribution in [-0.4, -0.2) is 52.2 Å². The van der Waals surface area contributed by atoms with Crippen LogP contribution in [0.3, 0.4) is 0 Å². The van der Waals surface area contributed by atoms with E-state index in [0.29, 0.717) is 23.7 Å². The summed E-state index contributed by atoms with van der Waals surface area (Å²) in [7, 11) is -3.26. The summed E-state index contributed by atoms with van der Waals surface area (Å²) in [5.41, 5.74) is 2.16. The molecule has 0 N–H and O–H groups in total. The first-order valence-electron chi connectivity index (χ1n) is 11.4. The highest BCUT2D eigenvalue weighted by Gasteiger charge is 2.33. The molecule has 2 aromatic carbocycles. The van der Waals surface area contributed by atoms with Crippen LogP contribution in [-0.2, 0) is 9.84 Å². The maximum Gasteiger partial charge on any atom is 0.241 e. The Hall–Kier alpha value is -1.99. The zero-order chi connectivity index (χ0) is 22.7. The van der Waals surface area contributed by atoms with Crippen molar-refractivity contribution in [3.05, 3.63) is 60.2 Å². The first kappa shape index (κ1) is 23.2. The van der Waals surface area contributed by atoms with Crippen LogP contribution in [0.5, 0.6) is 0 Å². The molecule has 0 amide bonds. The number of sulfone groups is 1. The molecule has 0 radical (unpaired) electrons. The summed E-state index contributed by atoms with van der Waals surface area (Å²) in [6, 6.07) is 17.7. The normalized spacial score (nSPS) is 25.2. The van der Waals surface area contributed by atoms with Gasteiger partial charge in [0, 0.05) is 44.0 Å². The van der Waals surface area contributed by atoms with E-state index in [9.17, 15) is 17.2 Å². The van der Waals surface area contributed by atoms with Gasteiger partial charge in [0.15, 0.2) is 9.84 Å². The molecule has 4 nitrogen and oxygen atoms in total. The van der Waals surface area contributed by atoms with Gasteiger partial charge in [0.2, 0.25) is 6.43 Å². The van der Waals surface area contributed by atoms with Crippen molar-refractivity contribution in [1.29, 1.82) is 0 Å². The zero-order valence-corrected chi connectivity index (χ0v) is 19.4. The van der Waals surface area contributed by atoms with Gasteiger partial charge in [0.1, 0.15) is 0 Å². The third-order valence-corrected chi connectivity index (χ3v) is 8.14. The predicted octanol–water partition coefficient (Wildman–Crippen LogP) is 5.02. The fourth-order valence-electron chi connectivity index (χ4n) is 5.13. The fraction of sp³-hybridized carbons (Fsp3) is 0.520. The Balaban J connectivity index is 1.50. The molecule has 174 valence electrons.